The Morgan fingerprint density at radius 3 is 2.19 bits per heavy atom. The molecular weight excluding hydrogens is 260 g/mol. The zero-order chi connectivity index (χ0) is 15.6. The predicted octanol–water partition coefficient (Wildman–Crippen LogP) is 2.59. The molecule has 1 aliphatic heterocycles. The number of hydrogen-bond acceptors (Lipinski definition) is 3. The average Bonchev–Trinajstić information content (AvgIpc) is 2.43. The van der Waals surface area contributed by atoms with Crippen molar-refractivity contribution >= 4 is 0 Å². The molecule has 0 radical (unpaired) electrons. The summed E-state index contributed by atoms with van der Waals surface area (Å²) >= 11 is 0. The summed E-state index contributed by atoms with van der Waals surface area (Å²) in [4.78, 5) is 2.47. The van der Waals surface area contributed by atoms with Gasteiger partial charge in [0.05, 0.1) is 13.2 Å². The smallest absolute Gasteiger partial charge is 0.0594 e. The molecule has 1 fully saturated rings. The third kappa shape index (κ3) is 3.65. The quantitative estimate of drug-likeness (QED) is 0.926. The maximum Gasteiger partial charge on any atom is 0.0594 e. The minimum absolute atomic E-state index is 0.00640. The van der Waals surface area contributed by atoms with Gasteiger partial charge in [-0.1, -0.05) is 17.7 Å². The number of rotatable bonds is 4. The second-order valence-electron chi connectivity index (χ2n) is 6.94. The third-order valence-corrected chi connectivity index (χ3v) is 5.00. The van der Waals surface area contributed by atoms with Gasteiger partial charge in [0.25, 0.3) is 0 Å². The van der Waals surface area contributed by atoms with E-state index < -0.39 is 0 Å². The third-order valence-electron chi connectivity index (χ3n) is 5.00. The second-order valence-corrected chi connectivity index (χ2v) is 6.94. The summed E-state index contributed by atoms with van der Waals surface area (Å²) in [5, 5.41) is 0. The van der Waals surface area contributed by atoms with Gasteiger partial charge in [0.2, 0.25) is 0 Å². The number of nitrogens with zero attached hydrogens (tertiary/aromatic N) is 1. The zero-order valence-electron chi connectivity index (χ0n) is 14.2. The molecule has 1 saturated heterocycles. The Kier molecular flexibility index (Phi) is 5.07. The highest BCUT2D eigenvalue weighted by molar-refractivity contribution is 5.38. The lowest BCUT2D eigenvalue weighted by molar-refractivity contribution is -0.0186. The number of morpholine rings is 1. The summed E-state index contributed by atoms with van der Waals surface area (Å²) in [7, 11) is 0. The molecule has 0 bridgehead atoms. The molecule has 1 heterocycles. The summed E-state index contributed by atoms with van der Waals surface area (Å²) < 4.78 is 5.46. The van der Waals surface area contributed by atoms with Crippen LogP contribution in [0.25, 0.3) is 0 Å². The largest absolute Gasteiger partial charge is 0.379 e. The van der Waals surface area contributed by atoms with Crippen LogP contribution in [0.2, 0.25) is 0 Å². The minimum atomic E-state index is -0.00640. The van der Waals surface area contributed by atoms with Gasteiger partial charge in [-0.15, -0.1) is 0 Å². The maximum absolute atomic E-state index is 6.61. The van der Waals surface area contributed by atoms with E-state index in [2.05, 4.69) is 51.7 Å². The van der Waals surface area contributed by atoms with Crippen molar-refractivity contribution in [3.8, 4) is 0 Å². The summed E-state index contributed by atoms with van der Waals surface area (Å²) in [5.74, 6) is 0. The van der Waals surface area contributed by atoms with Gasteiger partial charge < -0.3 is 10.5 Å². The van der Waals surface area contributed by atoms with Crippen LogP contribution in [-0.4, -0.2) is 42.8 Å². The molecular formula is C18H30N2O. The van der Waals surface area contributed by atoms with Crippen LogP contribution in [-0.2, 0) is 11.2 Å². The molecule has 0 spiro atoms. The second kappa shape index (κ2) is 6.47. The summed E-state index contributed by atoms with van der Waals surface area (Å²) in [6.45, 7) is 14.7. The highest BCUT2D eigenvalue weighted by atomic mass is 16.5. The van der Waals surface area contributed by atoms with Crippen molar-refractivity contribution < 1.29 is 4.74 Å². The highest BCUT2D eigenvalue weighted by Crippen LogP contribution is 2.25. The van der Waals surface area contributed by atoms with Gasteiger partial charge in [0.15, 0.2) is 0 Å². The van der Waals surface area contributed by atoms with E-state index in [-0.39, 0.29) is 11.6 Å². The Hall–Kier alpha value is -0.900. The van der Waals surface area contributed by atoms with Crippen LogP contribution < -0.4 is 5.73 Å². The Balaban J connectivity index is 2.15. The first kappa shape index (κ1) is 16.5. The normalized spacial score (nSPS) is 18.8. The molecule has 1 aromatic carbocycles. The van der Waals surface area contributed by atoms with Crippen LogP contribution in [0.1, 0.15) is 36.1 Å². The van der Waals surface area contributed by atoms with Crippen LogP contribution in [0.4, 0.5) is 0 Å². The SMILES string of the molecule is Cc1cc(C)c(CC(N)C(C)(C)N2CCOCC2)c(C)c1. The lowest BCUT2D eigenvalue weighted by Gasteiger charge is -2.44. The minimum Gasteiger partial charge on any atom is -0.379 e. The number of ether oxygens (including phenoxy) is 1. The Bertz CT molecular complexity index is 467. The molecule has 118 valence electrons. The summed E-state index contributed by atoms with van der Waals surface area (Å²) in [5.41, 5.74) is 12.1. The van der Waals surface area contributed by atoms with Crippen LogP contribution >= 0.6 is 0 Å². The van der Waals surface area contributed by atoms with Crippen molar-refractivity contribution in [1.29, 1.82) is 0 Å². The number of nitrogens with two attached hydrogens (primary N) is 1. The van der Waals surface area contributed by atoms with Gasteiger partial charge >= 0.3 is 0 Å². The fourth-order valence-corrected chi connectivity index (χ4v) is 3.38. The first-order chi connectivity index (χ1) is 9.82. The Morgan fingerprint density at radius 1 is 1.14 bits per heavy atom. The van der Waals surface area contributed by atoms with Crippen molar-refractivity contribution in [3.05, 3.63) is 34.4 Å². The van der Waals surface area contributed by atoms with Gasteiger partial charge in [-0.3, -0.25) is 4.90 Å². The van der Waals surface area contributed by atoms with Crippen LogP contribution in [0.15, 0.2) is 12.1 Å². The number of aryl methyl sites for hydroxylation is 3. The lowest BCUT2D eigenvalue weighted by atomic mass is 9.85. The Labute approximate surface area is 129 Å². The molecule has 1 aliphatic rings. The van der Waals surface area contributed by atoms with Crippen molar-refractivity contribution in [1.82, 2.24) is 4.90 Å². The molecule has 1 aromatic rings. The van der Waals surface area contributed by atoms with E-state index >= 15 is 0 Å². The molecule has 0 aliphatic carbocycles. The van der Waals surface area contributed by atoms with E-state index in [0.29, 0.717) is 0 Å². The first-order valence-electron chi connectivity index (χ1n) is 7.97. The van der Waals surface area contributed by atoms with Crippen molar-refractivity contribution in [2.24, 2.45) is 5.73 Å². The molecule has 3 heteroatoms. The first-order valence-corrected chi connectivity index (χ1v) is 7.97. The standard InChI is InChI=1S/C18H30N2O/c1-13-10-14(2)16(15(3)11-13)12-17(19)18(4,5)20-6-8-21-9-7-20/h10-11,17H,6-9,12,19H2,1-5H3. The van der Waals surface area contributed by atoms with E-state index in [1.54, 1.807) is 0 Å². The van der Waals surface area contributed by atoms with Crippen LogP contribution in [0.3, 0.4) is 0 Å². The van der Waals surface area contributed by atoms with Gasteiger partial charge in [-0.25, -0.2) is 0 Å². The van der Waals surface area contributed by atoms with E-state index in [9.17, 15) is 0 Å². The number of hydrogen-bond donors (Lipinski definition) is 1. The molecule has 0 aromatic heterocycles. The van der Waals surface area contributed by atoms with Crippen molar-refractivity contribution in [2.75, 3.05) is 26.3 Å². The predicted molar refractivity (Wildman–Crippen MR) is 88.8 cm³/mol. The van der Waals surface area contributed by atoms with E-state index in [0.717, 1.165) is 32.7 Å². The lowest BCUT2D eigenvalue weighted by Crippen LogP contribution is -2.59. The van der Waals surface area contributed by atoms with Gasteiger partial charge in [0, 0.05) is 24.7 Å². The van der Waals surface area contributed by atoms with Crippen LogP contribution in [0, 0.1) is 20.8 Å². The molecule has 2 N–H and O–H groups in total. The van der Waals surface area contributed by atoms with Gasteiger partial charge in [-0.05, 0) is 57.7 Å². The molecule has 21 heavy (non-hydrogen) atoms. The average molecular weight is 290 g/mol. The van der Waals surface area contributed by atoms with Crippen molar-refractivity contribution in [3.63, 3.8) is 0 Å². The molecule has 1 unspecified atom stereocenters. The zero-order valence-corrected chi connectivity index (χ0v) is 14.2. The number of benzene rings is 1. The van der Waals surface area contributed by atoms with E-state index in [4.69, 9.17) is 10.5 Å². The molecule has 0 saturated carbocycles. The monoisotopic (exact) mass is 290 g/mol. The van der Waals surface area contributed by atoms with Crippen molar-refractivity contribution in [2.45, 2.75) is 52.6 Å². The highest BCUT2D eigenvalue weighted by Gasteiger charge is 2.34. The van der Waals surface area contributed by atoms with Gasteiger partial charge in [-0.2, -0.15) is 0 Å². The molecule has 2 rings (SSSR count). The van der Waals surface area contributed by atoms with E-state index in [1.165, 1.54) is 22.3 Å². The van der Waals surface area contributed by atoms with E-state index in [1.807, 2.05) is 0 Å². The van der Waals surface area contributed by atoms with Gasteiger partial charge in [0.1, 0.15) is 0 Å². The van der Waals surface area contributed by atoms with Crippen LogP contribution in [0.5, 0.6) is 0 Å². The topological polar surface area (TPSA) is 38.5 Å². The maximum atomic E-state index is 6.61. The summed E-state index contributed by atoms with van der Waals surface area (Å²) in [6.07, 6.45) is 0.933. The summed E-state index contributed by atoms with van der Waals surface area (Å²) in [6, 6.07) is 4.64. The molecule has 0 amide bonds. The fraction of sp³-hybridized carbons (Fsp3) is 0.667. The molecule has 1 atom stereocenters. The Morgan fingerprint density at radius 2 is 1.67 bits per heavy atom. The molecule has 3 nitrogen and oxygen atoms in total. The fourth-order valence-electron chi connectivity index (χ4n) is 3.38.